The Balaban J connectivity index is 1.45. The van der Waals surface area contributed by atoms with Gasteiger partial charge in [0.15, 0.2) is 0 Å². The van der Waals surface area contributed by atoms with E-state index < -0.39 is 26.6 Å². The zero-order valence-electron chi connectivity index (χ0n) is 17.3. The highest BCUT2D eigenvalue weighted by Crippen LogP contribution is 2.27. The maximum Gasteiger partial charge on any atom is 0.266 e. The van der Waals surface area contributed by atoms with Crippen molar-refractivity contribution in [2.75, 3.05) is 41.5 Å². The summed E-state index contributed by atoms with van der Waals surface area (Å²) in [7, 11) is -4.36. The minimum Gasteiger partial charge on any atom is -0.383 e. The van der Waals surface area contributed by atoms with Crippen molar-refractivity contribution in [2.24, 2.45) is 0 Å². The van der Waals surface area contributed by atoms with Crippen LogP contribution < -0.4 is 15.4 Å². The number of rotatable bonds is 10. The summed E-state index contributed by atoms with van der Waals surface area (Å²) in [4.78, 5) is 5.19. The molecule has 4 rings (SSSR count). The zero-order valence-corrected chi connectivity index (χ0v) is 19.7. The number of halogens is 3. The summed E-state index contributed by atoms with van der Waals surface area (Å²) >= 11 is 6.90. The Morgan fingerprint density at radius 3 is 2.61 bits per heavy atom. The Morgan fingerprint density at radius 1 is 1.09 bits per heavy atom. The van der Waals surface area contributed by atoms with Crippen LogP contribution >= 0.6 is 23.1 Å². The summed E-state index contributed by atoms with van der Waals surface area (Å²) in [5.74, 6) is -2.00. The van der Waals surface area contributed by atoms with Crippen LogP contribution in [0.5, 0.6) is 0 Å². The van der Waals surface area contributed by atoms with Crippen LogP contribution in [-0.4, -0.2) is 48.9 Å². The van der Waals surface area contributed by atoms with Gasteiger partial charge in [-0.2, -0.15) is 4.37 Å². The first kappa shape index (κ1) is 23.6. The predicted molar refractivity (Wildman–Crippen MR) is 125 cm³/mol. The van der Waals surface area contributed by atoms with Gasteiger partial charge in [0.05, 0.1) is 5.69 Å². The lowest BCUT2D eigenvalue weighted by Gasteiger charge is -2.30. The van der Waals surface area contributed by atoms with Crippen LogP contribution in [0.3, 0.4) is 0 Å². The molecule has 1 aliphatic rings. The molecule has 8 nitrogen and oxygen atoms in total. The molecule has 3 aromatic rings. The van der Waals surface area contributed by atoms with Gasteiger partial charge in [0.25, 0.3) is 10.0 Å². The predicted octanol–water partition coefficient (Wildman–Crippen LogP) is 4.00. The smallest absolute Gasteiger partial charge is 0.266 e. The molecule has 0 bridgehead atoms. The molecular weight excluding hydrogens is 494 g/mol. The first-order valence-corrected chi connectivity index (χ1v) is 12.7. The average Bonchev–Trinajstić information content (AvgIpc) is 3.23. The monoisotopic (exact) mass is 514 g/mol. The maximum atomic E-state index is 14.7. The van der Waals surface area contributed by atoms with Crippen molar-refractivity contribution in [3.63, 3.8) is 0 Å². The Kier molecular flexibility index (Phi) is 7.27. The molecule has 0 spiro atoms. The molecule has 33 heavy (non-hydrogen) atoms. The minimum absolute atomic E-state index is 0.0473. The normalized spacial score (nSPS) is 14.0. The second-order valence-electron chi connectivity index (χ2n) is 7.39. The number of anilines is 3. The number of sulfonamides is 1. The molecule has 2 heterocycles. The fourth-order valence-corrected chi connectivity index (χ4v) is 5.18. The Labute approximate surface area is 199 Å². The molecule has 13 heteroatoms. The molecule has 0 aliphatic carbocycles. The van der Waals surface area contributed by atoms with Gasteiger partial charge in [-0.3, -0.25) is 4.72 Å². The number of hydrogen-bond acceptors (Lipinski definition) is 8. The summed E-state index contributed by atoms with van der Waals surface area (Å²) in [5.41, 5.74) is 1.43. The van der Waals surface area contributed by atoms with Crippen LogP contribution in [0.4, 0.5) is 25.3 Å². The molecule has 3 N–H and O–H groups in total. The molecule has 2 aromatic carbocycles. The first-order valence-electron chi connectivity index (χ1n) is 10.1. The van der Waals surface area contributed by atoms with Gasteiger partial charge in [-0.25, -0.2) is 22.2 Å². The SMILES string of the molecule is O=S(=O)(Nc1ncns1)c1cc(F)c(NCc2ccc(Cl)cc2NCCN2CCC2)cc1F. The van der Waals surface area contributed by atoms with Gasteiger partial charge in [-0.15, -0.1) is 0 Å². The van der Waals surface area contributed by atoms with Crippen LogP contribution in [0.25, 0.3) is 0 Å². The van der Waals surface area contributed by atoms with Gasteiger partial charge in [-0.1, -0.05) is 17.7 Å². The lowest BCUT2D eigenvalue weighted by atomic mass is 10.1. The Hall–Kier alpha value is -2.54. The van der Waals surface area contributed by atoms with Gasteiger partial charge < -0.3 is 15.5 Å². The molecule has 1 saturated heterocycles. The summed E-state index contributed by atoms with van der Waals surface area (Å²) in [6.07, 6.45) is 2.37. The van der Waals surface area contributed by atoms with Crippen molar-refractivity contribution in [3.05, 3.63) is 58.9 Å². The van der Waals surface area contributed by atoms with Crippen molar-refractivity contribution in [2.45, 2.75) is 17.9 Å². The molecule has 1 fully saturated rings. The quantitative estimate of drug-likeness (QED) is 0.376. The third-order valence-corrected chi connectivity index (χ3v) is 7.43. The molecule has 1 aromatic heterocycles. The maximum absolute atomic E-state index is 14.7. The van der Waals surface area contributed by atoms with Crippen molar-refractivity contribution in [1.29, 1.82) is 0 Å². The van der Waals surface area contributed by atoms with Crippen LogP contribution in [0, 0.1) is 11.6 Å². The molecule has 0 radical (unpaired) electrons. The highest BCUT2D eigenvalue weighted by molar-refractivity contribution is 7.93. The highest BCUT2D eigenvalue weighted by atomic mass is 35.5. The van der Waals surface area contributed by atoms with E-state index in [1.165, 1.54) is 6.42 Å². The number of benzene rings is 2. The molecule has 0 saturated carbocycles. The van der Waals surface area contributed by atoms with Crippen LogP contribution in [0.2, 0.25) is 5.02 Å². The number of hydrogen-bond donors (Lipinski definition) is 3. The number of likely N-dealkylation sites (tertiary alicyclic amines) is 1. The lowest BCUT2D eigenvalue weighted by Crippen LogP contribution is -2.40. The van der Waals surface area contributed by atoms with E-state index in [4.69, 9.17) is 11.6 Å². The fourth-order valence-electron chi connectivity index (χ4n) is 3.27. The summed E-state index contributed by atoms with van der Waals surface area (Å²) < 4.78 is 59.8. The Morgan fingerprint density at radius 2 is 1.91 bits per heavy atom. The van der Waals surface area contributed by atoms with E-state index in [2.05, 4.69) is 29.6 Å². The number of nitrogens with zero attached hydrogens (tertiary/aromatic N) is 3. The van der Waals surface area contributed by atoms with E-state index in [0.29, 0.717) is 11.1 Å². The Bertz CT molecular complexity index is 1220. The second-order valence-corrected chi connectivity index (χ2v) is 10.3. The summed E-state index contributed by atoms with van der Waals surface area (Å²) in [6.45, 7) is 4.00. The third kappa shape index (κ3) is 5.88. The molecule has 0 amide bonds. The van der Waals surface area contributed by atoms with Crippen molar-refractivity contribution in [1.82, 2.24) is 14.3 Å². The third-order valence-electron chi connectivity index (χ3n) is 5.13. The van der Waals surface area contributed by atoms with Crippen LogP contribution in [-0.2, 0) is 16.6 Å². The fraction of sp³-hybridized carbons (Fsp3) is 0.300. The highest BCUT2D eigenvalue weighted by Gasteiger charge is 2.23. The van der Waals surface area contributed by atoms with E-state index in [9.17, 15) is 17.2 Å². The summed E-state index contributed by atoms with van der Waals surface area (Å²) in [6, 6.07) is 6.73. The minimum atomic E-state index is -4.36. The van der Waals surface area contributed by atoms with E-state index in [1.54, 1.807) is 18.2 Å². The summed E-state index contributed by atoms with van der Waals surface area (Å²) in [5, 5.41) is 6.67. The zero-order chi connectivity index (χ0) is 23.4. The van der Waals surface area contributed by atoms with Crippen molar-refractivity contribution < 1.29 is 17.2 Å². The second kappa shape index (κ2) is 10.2. The van der Waals surface area contributed by atoms with Crippen LogP contribution in [0.15, 0.2) is 41.6 Å². The van der Waals surface area contributed by atoms with Crippen molar-refractivity contribution >= 4 is 49.7 Å². The van der Waals surface area contributed by atoms with E-state index in [-0.39, 0.29) is 17.4 Å². The average molecular weight is 515 g/mol. The molecular formula is C20H21ClF2N6O2S2. The van der Waals surface area contributed by atoms with Crippen LogP contribution in [0.1, 0.15) is 12.0 Å². The molecule has 0 unspecified atom stereocenters. The topological polar surface area (TPSA) is 99.2 Å². The van der Waals surface area contributed by atoms with Gasteiger partial charge in [0.1, 0.15) is 22.9 Å². The van der Waals surface area contributed by atoms with Gasteiger partial charge in [-0.05, 0) is 43.3 Å². The number of nitrogens with one attached hydrogen (secondary N) is 3. The van der Waals surface area contributed by atoms with Gasteiger partial charge >= 0.3 is 0 Å². The standard InChI is InChI=1S/C20H21ClF2N6O2S2/c21-14-3-2-13(17(8-14)24-4-7-29-5-1-6-29)11-25-18-9-16(23)19(10-15(18)22)33(30,31)28-20-26-12-27-32-20/h2-3,8-10,12,24-25H,1,4-7,11H2,(H,26,27,28). The first-order chi connectivity index (χ1) is 15.8. The molecule has 1 aliphatic heterocycles. The van der Waals surface area contributed by atoms with E-state index in [1.807, 2.05) is 0 Å². The van der Waals surface area contributed by atoms with Gasteiger partial charge in [0.2, 0.25) is 5.13 Å². The molecule has 0 atom stereocenters. The van der Waals surface area contributed by atoms with Crippen molar-refractivity contribution in [3.8, 4) is 0 Å². The van der Waals surface area contributed by atoms with E-state index in [0.717, 1.165) is 61.4 Å². The lowest BCUT2D eigenvalue weighted by molar-refractivity contribution is 0.189. The van der Waals surface area contributed by atoms with Gasteiger partial charge in [0, 0.05) is 47.9 Å². The van der Waals surface area contributed by atoms with E-state index >= 15 is 0 Å². The number of aromatic nitrogens is 2. The largest absolute Gasteiger partial charge is 0.383 e. The molecule has 176 valence electrons.